The fraction of sp³-hybridized carbons (Fsp3) is 0.625. The minimum atomic E-state index is -0.951. The van der Waals surface area contributed by atoms with E-state index in [-0.39, 0.29) is 18.5 Å². The van der Waals surface area contributed by atoms with E-state index in [1.165, 1.54) is 0 Å². The topological polar surface area (TPSA) is 95.9 Å². The van der Waals surface area contributed by atoms with Crippen LogP contribution in [0.2, 0.25) is 0 Å². The highest BCUT2D eigenvalue weighted by molar-refractivity contribution is 7.99. The van der Waals surface area contributed by atoms with E-state index in [4.69, 9.17) is 4.74 Å². The monoisotopic (exact) mass is 462 g/mol. The number of likely N-dealkylation sites (tertiary alicyclic amines) is 1. The Morgan fingerprint density at radius 1 is 1.28 bits per heavy atom. The predicted molar refractivity (Wildman–Crippen MR) is 125 cm³/mol. The molecule has 1 amide bonds. The number of aryl methyl sites for hydroxylation is 1. The van der Waals surface area contributed by atoms with E-state index in [1.807, 2.05) is 30.3 Å². The first-order valence-corrected chi connectivity index (χ1v) is 12.6. The van der Waals surface area contributed by atoms with Gasteiger partial charge in [0.05, 0.1) is 18.2 Å². The van der Waals surface area contributed by atoms with E-state index < -0.39 is 29.6 Å². The lowest BCUT2D eigenvalue weighted by Gasteiger charge is -2.49. The molecule has 8 heteroatoms. The Morgan fingerprint density at radius 3 is 2.66 bits per heavy atom. The zero-order chi connectivity index (χ0) is 23.1. The highest BCUT2D eigenvalue weighted by atomic mass is 32.2. The zero-order valence-corrected chi connectivity index (χ0v) is 19.7. The minimum absolute atomic E-state index is 0.242. The van der Waals surface area contributed by atoms with Crippen molar-refractivity contribution in [1.29, 1.82) is 0 Å². The first kappa shape index (κ1) is 24.6. The minimum Gasteiger partial charge on any atom is -0.480 e. The van der Waals surface area contributed by atoms with Crippen molar-refractivity contribution in [3.05, 3.63) is 35.9 Å². The van der Waals surface area contributed by atoms with Gasteiger partial charge < -0.3 is 14.7 Å². The lowest BCUT2D eigenvalue weighted by atomic mass is 9.82. The number of nitrogens with one attached hydrogen (secondary N) is 1. The van der Waals surface area contributed by atoms with Crippen LogP contribution in [0.5, 0.6) is 0 Å². The first-order chi connectivity index (χ1) is 15.4. The van der Waals surface area contributed by atoms with Crippen molar-refractivity contribution in [2.24, 2.45) is 0 Å². The maximum Gasteiger partial charge on any atom is 0.326 e. The van der Waals surface area contributed by atoms with E-state index in [1.54, 1.807) is 30.5 Å². The molecule has 0 aliphatic carbocycles. The van der Waals surface area contributed by atoms with Gasteiger partial charge in [-0.15, -0.1) is 0 Å². The SMILES string of the molecule is CCOC(=O)[C@H](CCc1ccccc1)NC(C)C(=O)N1[C@H](C(=O)O)CCCC12CCSC2. The summed E-state index contributed by atoms with van der Waals surface area (Å²) in [4.78, 5) is 39.9. The van der Waals surface area contributed by atoms with E-state index in [0.717, 1.165) is 36.3 Å². The molecule has 0 saturated carbocycles. The highest BCUT2D eigenvalue weighted by Crippen LogP contribution is 2.43. The molecule has 2 fully saturated rings. The maximum atomic E-state index is 13.6. The van der Waals surface area contributed by atoms with E-state index >= 15 is 0 Å². The number of carbonyl (C=O) groups is 3. The predicted octanol–water partition coefficient (Wildman–Crippen LogP) is 2.87. The molecule has 0 aromatic heterocycles. The number of carboxylic acids is 1. The Balaban J connectivity index is 1.75. The van der Waals surface area contributed by atoms with Crippen LogP contribution in [0.3, 0.4) is 0 Å². The molecule has 0 bridgehead atoms. The van der Waals surface area contributed by atoms with Crippen LogP contribution < -0.4 is 5.32 Å². The average molecular weight is 463 g/mol. The van der Waals surface area contributed by atoms with Crippen LogP contribution in [0.15, 0.2) is 30.3 Å². The highest BCUT2D eigenvalue weighted by Gasteiger charge is 2.51. The molecule has 32 heavy (non-hydrogen) atoms. The van der Waals surface area contributed by atoms with Crippen LogP contribution in [0.25, 0.3) is 0 Å². The Kier molecular flexibility index (Phi) is 8.59. The summed E-state index contributed by atoms with van der Waals surface area (Å²) in [5, 5.41) is 13.0. The molecule has 176 valence electrons. The molecule has 3 rings (SSSR count). The smallest absolute Gasteiger partial charge is 0.326 e. The van der Waals surface area contributed by atoms with E-state index in [0.29, 0.717) is 19.3 Å². The number of aliphatic carboxylic acids is 1. The summed E-state index contributed by atoms with van der Waals surface area (Å²) in [5.41, 5.74) is 0.703. The van der Waals surface area contributed by atoms with Gasteiger partial charge in [-0.25, -0.2) is 4.79 Å². The molecule has 1 spiro atoms. The first-order valence-electron chi connectivity index (χ1n) is 11.5. The van der Waals surface area contributed by atoms with Gasteiger partial charge in [-0.1, -0.05) is 30.3 Å². The van der Waals surface area contributed by atoms with Crippen molar-refractivity contribution in [2.45, 2.75) is 76.0 Å². The maximum absolute atomic E-state index is 13.6. The summed E-state index contributed by atoms with van der Waals surface area (Å²) in [7, 11) is 0. The number of hydrogen-bond acceptors (Lipinski definition) is 6. The third-order valence-corrected chi connectivity index (χ3v) is 7.74. The summed E-state index contributed by atoms with van der Waals surface area (Å²) >= 11 is 1.78. The molecule has 2 aliphatic rings. The fourth-order valence-electron chi connectivity index (χ4n) is 4.86. The van der Waals surface area contributed by atoms with Gasteiger partial charge in [0.25, 0.3) is 0 Å². The number of nitrogens with zero attached hydrogens (tertiary/aromatic N) is 1. The number of hydrogen-bond donors (Lipinski definition) is 2. The molecule has 2 heterocycles. The number of benzene rings is 1. The molecule has 2 unspecified atom stereocenters. The summed E-state index contributed by atoms with van der Waals surface area (Å²) in [6, 6.07) is 7.71. The molecule has 2 N–H and O–H groups in total. The van der Waals surface area contributed by atoms with Crippen LogP contribution >= 0.6 is 11.8 Å². The molecule has 7 nitrogen and oxygen atoms in total. The van der Waals surface area contributed by atoms with Gasteiger partial charge in [0.2, 0.25) is 5.91 Å². The second-order valence-electron chi connectivity index (χ2n) is 8.70. The van der Waals surface area contributed by atoms with E-state index in [2.05, 4.69) is 5.32 Å². The summed E-state index contributed by atoms with van der Waals surface area (Å²) in [5.74, 6) is 0.120. The van der Waals surface area contributed by atoms with Gasteiger partial charge in [-0.3, -0.25) is 14.9 Å². The second-order valence-corrected chi connectivity index (χ2v) is 9.80. The van der Waals surface area contributed by atoms with Crippen LogP contribution in [-0.4, -0.2) is 69.6 Å². The number of carbonyl (C=O) groups excluding carboxylic acids is 2. The summed E-state index contributed by atoms with van der Waals surface area (Å²) in [6.45, 7) is 3.74. The van der Waals surface area contributed by atoms with Gasteiger partial charge in [0.15, 0.2) is 0 Å². The molecule has 4 atom stereocenters. The standard InChI is InChI=1S/C24H34N2O5S/c1-3-31-23(30)19(12-11-18-8-5-4-6-9-18)25-17(2)21(27)26-20(22(28)29)10-7-13-24(26)14-15-32-16-24/h4-6,8-9,17,19-20,25H,3,7,10-16H2,1-2H3,(H,28,29)/t17?,19-,20-,24?/m0/s1. The Bertz CT molecular complexity index is 797. The largest absolute Gasteiger partial charge is 0.480 e. The van der Waals surface area contributed by atoms with Crippen LogP contribution in [-0.2, 0) is 25.5 Å². The third kappa shape index (κ3) is 5.64. The number of carboxylic acid groups (broad SMARTS) is 1. The Labute approximate surface area is 194 Å². The van der Waals surface area contributed by atoms with E-state index in [9.17, 15) is 19.5 Å². The van der Waals surface area contributed by atoms with Crippen molar-refractivity contribution in [3.63, 3.8) is 0 Å². The van der Waals surface area contributed by atoms with Gasteiger partial charge in [-0.05, 0) is 63.7 Å². The number of rotatable bonds is 9. The van der Waals surface area contributed by atoms with Crippen LogP contribution in [0, 0.1) is 0 Å². The molecule has 1 aromatic rings. The zero-order valence-electron chi connectivity index (χ0n) is 18.9. The van der Waals surface area contributed by atoms with Gasteiger partial charge in [0, 0.05) is 5.75 Å². The van der Waals surface area contributed by atoms with Crippen LogP contribution in [0.4, 0.5) is 0 Å². The number of thioether (sulfide) groups is 1. The third-order valence-electron chi connectivity index (χ3n) is 6.50. The second kappa shape index (κ2) is 11.2. The lowest BCUT2D eigenvalue weighted by molar-refractivity contribution is -0.161. The Morgan fingerprint density at radius 2 is 2.03 bits per heavy atom. The van der Waals surface area contributed by atoms with Crippen molar-refractivity contribution in [2.75, 3.05) is 18.1 Å². The molecule has 2 aliphatic heterocycles. The van der Waals surface area contributed by atoms with Crippen molar-refractivity contribution < 1.29 is 24.2 Å². The van der Waals surface area contributed by atoms with Crippen LogP contribution in [0.1, 0.15) is 51.5 Å². The molecule has 2 saturated heterocycles. The Hall–Kier alpha value is -2.06. The number of piperidine rings is 1. The van der Waals surface area contributed by atoms with Crippen molar-refractivity contribution >= 4 is 29.6 Å². The van der Waals surface area contributed by atoms with Gasteiger partial charge >= 0.3 is 11.9 Å². The molecular formula is C24H34N2O5S. The average Bonchev–Trinajstić information content (AvgIpc) is 3.25. The normalized spacial score (nSPS) is 24.8. The lowest BCUT2D eigenvalue weighted by Crippen LogP contribution is -2.65. The molecule has 0 radical (unpaired) electrons. The number of amides is 1. The van der Waals surface area contributed by atoms with Gasteiger partial charge in [0.1, 0.15) is 12.1 Å². The van der Waals surface area contributed by atoms with Gasteiger partial charge in [-0.2, -0.15) is 11.8 Å². The fourth-order valence-corrected chi connectivity index (χ4v) is 6.34. The quantitative estimate of drug-likeness (QED) is 0.545. The summed E-state index contributed by atoms with van der Waals surface area (Å²) in [6.07, 6.45) is 4.08. The summed E-state index contributed by atoms with van der Waals surface area (Å²) < 4.78 is 5.25. The van der Waals surface area contributed by atoms with Crippen molar-refractivity contribution in [1.82, 2.24) is 10.2 Å². The van der Waals surface area contributed by atoms with Crippen molar-refractivity contribution in [3.8, 4) is 0 Å². The molecular weight excluding hydrogens is 428 g/mol. The number of esters is 1. The number of ether oxygens (including phenoxy) is 1. The molecule has 1 aromatic carbocycles.